The Morgan fingerprint density at radius 2 is 1.80 bits per heavy atom. The molecule has 1 N–H and O–H groups in total. The quantitative estimate of drug-likeness (QED) is 0.794. The van der Waals surface area contributed by atoms with Crippen molar-refractivity contribution in [2.24, 2.45) is 0 Å². The molecule has 0 aliphatic rings. The molecular formula is C15H11FN2O2. The Morgan fingerprint density at radius 3 is 2.55 bits per heavy atom. The van der Waals surface area contributed by atoms with Gasteiger partial charge in [-0.3, -0.25) is 0 Å². The molecule has 0 saturated carbocycles. The third-order valence-electron chi connectivity index (χ3n) is 2.87. The van der Waals surface area contributed by atoms with Crippen LogP contribution in [0, 0.1) is 5.82 Å². The lowest BCUT2D eigenvalue weighted by Gasteiger charge is -1.97. The Hall–Kier alpha value is -2.69. The lowest BCUT2D eigenvalue weighted by Crippen LogP contribution is -1.89. The standard InChI is InChI=1S/C15H11FN2O2/c16-13-4-2-1-3-12(13)15-17-14(20-18-15)9-10-5-7-11(19)8-6-10/h1-8,19H,9H2. The highest BCUT2D eigenvalue weighted by Crippen LogP contribution is 2.20. The molecule has 1 aromatic heterocycles. The molecular weight excluding hydrogens is 259 g/mol. The van der Waals surface area contributed by atoms with E-state index >= 15 is 0 Å². The van der Waals surface area contributed by atoms with Gasteiger partial charge in [-0.1, -0.05) is 29.4 Å². The molecule has 3 rings (SSSR count). The number of nitrogens with zero attached hydrogens (tertiary/aromatic N) is 2. The van der Waals surface area contributed by atoms with E-state index in [0.29, 0.717) is 17.9 Å². The van der Waals surface area contributed by atoms with Gasteiger partial charge < -0.3 is 9.63 Å². The summed E-state index contributed by atoms with van der Waals surface area (Å²) >= 11 is 0. The Kier molecular flexibility index (Phi) is 3.16. The van der Waals surface area contributed by atoms with Crippen LogP contribution in [0.15, 0.2) is 53.1 Å². The summed E-state index contributed by atoms with van der Waals surface area (Å²) in [6, 6.07) is 13.0. The smallest absolute Gasteiger partial charge is 0.231 e. The van der Waals surface area contributed by atoms with E-state index < -0.39 is 0 Å². The highest BCUT2D eigenvalue weighted by atomic mass is 19.1. The minimum absolute atomic E-state index is 0.200. The summed E-state index contributed by atoms with van der Waals surface area (Å²) in [5.74, 6) is 0.446. The second-order valence-electron chi connectivity index (χ2n) is 4.33. The fourth-order valence-electron chi connectivity index (χ4n) is 1.87. The number of aromatic hydroxyl groups is 1. The molecule has 0 saturated heterocycles. The number of halogens is 1. The van der Waals surface area contributed by atoms with E-state index in [9.17, 15) is 9.50 Å². The molecule has 2 aromatic carbocycles. The van der Waals surface area contributed by atoms with Gasteiger partial charge in [0.2, 0.25) is 11.7 Å². The molecule has 0 atom stereocenters. The van der Waals surface area contributed by atoms with E-state index in [1.165, 1.54) is 6.07 Å². The van der Waals surface area contributed by atoms with Crippen molar-refractivity contribution >= 4 is 0 Å². The van der Waals surface area contributed by atoms with Crippen molar-refractivity contribution in [3.63, 3.8) is 0 Å². The fraction of sp³-hybridized carbons (Fsp3) is 0.0667. The summed E-state index contributed by atoms with van der Waals surface area (Å²) in [7, 11) is 0. The van der Waals surface area contributed by atoms with Gasteiger partial charge in [-0.25, -0.2) is 4.39 Å². The van der Waals surface area contributed by atoms with E-state index in [4.69, 9.17) is 4.52 Å². The molecule has 100 valence electrons. The van der Waals surface area contributed by atoms with Crippen LogP contribution in [0.5, 0.6) is 5.75 Å². The highest BCUT2D eigenvalue weighted by Gasteiger charge is 2.12. The van der Waals surface area contributed by atoms with Crippen molar-refractivity contribution in [3.8, 4) is 17.1 Å². The zero-order valence-corrected chi connectivity index (χ0v) is 10.5. The van der Waals surface area contributed by atoms with Gasteiger partial charge in [0, 0.05) is 0 Å². The molecule has 5 heteroatoms. The molecule has 0 radical (unpaired) electrons. The number of benzene rings is 2. The van der Waals surface area contributed by atoms with Gasteiger partial charge >= 0.3 is 0 Å². The third-order valence-corrected chi connectivity index (χ3v) is 2.87. The second-order valence-corrected chi connectivity index (χ2v) is 4.33. The number of rotatable bonds is 3. The van der Waals surface area contributed by atoms with E-state index in [1.807, 2.05) is 0 Å². The van der Waals surface area contributed by atoms with Crippen LogP contribution in [0.1, 0.15) is 11.5 Å². The Bertz CT molecular complexity index is 723. The van der Waals surface area contributed by atoms with Crippen LogP contribution in [0.2, 0.25) is 0 Å². The number of hydrogen-bond acceptors (Lipinski definition) is 4. The topological polar surface area (TPSA) is 59.2 Å². The molecule has 0 amide bonds. The van der Waals surface area contributed by atoms with Gasteiger partial charge in [0.05, 0.1) is 12.0 Å². The van der Waals surface area contributed by atoms with E-state index in [1.54, 1.807) is 42.5 Å². The molecule has 20 heavy (non-hydrogen) atoms. The van der Waals surface area contributed by atoms with Crippen molar-refractivity contribution < 1.29 is 14.0 Å². The normalized spacial score (nSPS) is 10.7. The fourth-order valence-corrected chi connectivity index (χ4v) is 1.87. The van der Waals surface area contributed by atoms with E-state index in [2.05, 4.69) is 10.1 Å². The first-order valence-electron chi connectivity index (χ1n) is 6.08. The molecule has 0 fully saturated rings. The first-order valence-corrected chi connectivity index (χ1v) is 6.08. The van der Waals surface area contributed by atoms with E-state index in [0.717, 1.165) is 5.56 Å². The lowest BCUT2D eigenvalue weighted by atomic mass is 10.1. The predicted octanol–water partition coefficient (Wildman–Crippen LogP) is 3.17. The monoisotopic (exact) mass is 270 g/mol. The largest absolute Gasteiger partial charge is 0.508 e. The Balaban J connectivity index is 1.84. The SMILES string of the molecule is Oc1ccc(Cc2nc(-c3ccccc3F)no2)cc1. The van der Waals surface area contributed by atoms with Gasteiger partial charge in [0.25, 0.3) is 0 Å². The molecule has 0 unspecified atom stereocenters. The molecule has 3 aromatic rings. The van der Waals surface area contributed by atoms with Crippen LogP contribution in [0.3, 0.4) is 0 Å². The minimum Gasteiger partial charge on any atom is -0.508 e. The van der Waals surface area contributed by atoms with Crippen LogP contribution in [-0.2, 0) is 6.42 Å². The molecule has 4 nitrogen and oxygen atoms in total. The Morgan fingerprint density at radius 1 is 1.05 bits per heavy atom. The van der Waals surface area contributed by atoms with Crippen LogP contribution >= 0.6 is 0 Å². The maximum absolute atomic E-state index is 13.6. The van der Waals surface area contributed by atoms with Crippen molar-refractivity contribution in [2.45, 2.75) is 6.42 Å². The summed E-state index contributed by atoms with van der Waals surface area (Å²) in [5.41, 5.74) is 1.24. The summed E-state index contributed by atoms with van der Waals surface area (Å²) in [6.07, 6.45) is 0.432. The lowest BCUT2D eigenvalue weighted by molar-refractivity contribution is 0.385. The van der Waals surface area contributed by atoms with Crippen LogP contribution in [-0.4, -0.2) is 15.2 Å². The van der Waals surface area contributed by atoms with Crippen molar-refractivity contribution in [2.75, 3.05) is 0 Å². The van der Waals surface area contributed by atoms with Gasteiger partial charge in [0.15, 0.2) is 0 Å². The highest BCUT2D eigenvalue weighted by molar-refractivity contribution is 5.54. The summed E-state index contributed by atoms with van der Waals surface area (Å²) in [4.78, 5) is 4.18. The zero-order valence-electron chi connectivity index (χ0n) is 10.5. The number of hydrogen-bond donors (Lipinski definition) is 1. The average Bonchev–Trinajstić information content (AvgIpc) is 2.90. The van der Waals surface area contributed by atoms with Crippen LogP contribution in [0.4, 0.5) is 4.39 Å². The Labute approximate surface area is 114 Å². The first kappa shape index (κ1) is 12.3. The summed E-state index contributed by atoms with van der Waals surface area (Å²) < 4.78 is 18.7. The molecule has 0 aliphatic carbocycles. The number of phenolic OH excluding ortho intramolecular Hbond substituents is 1. The maximum atomic E-state index is 13.6. The average molecular weight is 270 g/mol. The van der Waals surface area contributed by atoms with E-state index in [-0.39, 0.29) is 17.4 Å². The number of aromatic nitrogens is 2. The van der Waals surface area contributed by atoms with Crippen molar-refractivity contribution in [1.29, 1.82) is 0 Å². The van der Waals surface area contributed by atoms with Gasteiger partial charge in [-0.2, -0.15) is 4.98 Å². The molecule has 1 heterocycles. The summed E-state index contributed by atoms with van der Waals surface area (Å²) in [6.45, 7) is 0. The molecule has 0 bridgehead atoms. The molecule has 0 spiro atoms. The zero-order chi connectivity index (χ0) is 13.9. The van der Waals surface area contributed by atoms with Crippen LogP contribution in [0.25, 0.3) is 11.4 Å². The summed E-state index contributed by atoms with van der Waals surface area (Å²) in [5, 5.41) is 13.0. The van der Waals surface area contributed by atoms with Crippen molar-refractivity contribution in [3.05, 3.63) is 65.8 Å². The molecule has 0 aliphatic heterocycles. The number of phenols is 1. The van der Waals surface area contributed by atoms with Gasteiger partial charge in [0.1, 0.15) is 11.6 Å². The van der Waals surface area contributed by atoms with Gasteiger partial charge in [-0.15, -0.1) is 0 Å². The van der Waals surface area contributed by atoms with Crippen molar-refractivity contribution in [1.82, 2.24) is 10.1 Å². The van der Waals surface area contributed by atoms with Crippen LogP contribution < -0.4 is 0 Å². The van der Waals surface area contributed by atoms with Gasteiger partial charge in [-0.05, 0) is 29.8 Å². The first-order chi connectivity index (χ1) is 9.72. The maximum Gasteiger partial charge on any atom is 0.231 e. The second kappa shape index (κ2) is 5.13. The third kappa shape index (κ3) is 2.51. The minimum atomic E-state index is -0.385. The predicted molar refractivity (Wildman–Crippen MR) is 70.6 cm³/mol.